The Bertz CT molecular complexity index is 528. The van der Waals surface area contributed by atoms with Gasteiger partial charge in [-0.15, -0.1) is 0 Å². The van der Waals surface area contributed by atoms with Crippen LogP contribution in [0.2, 0.25) is 0 Å². The summed E-state index contributed by atoms with van der Waals surface area (Å²) in [5.41, 5.74) is 1.26. The fraction of sp³-hybridized carbons (Fsp3) is 0.500. The van der Waals surface area contributed by atoms with E-state index in [0.29, 0.717) is 12.3 Å². The van der Waals surface area contributed by atoms with Gasteiger partial charge in [0.15, 0.2) is 0 Å². The molecule has 106 valence electrons. The number of carboxylic acids is 1. The van der Waals surface area contributed by atoms with Crippen molar-refractivity contribution < 1.29 is 14.7 Å². The Morgan fingerprint density at radius 1 is 1.20 bits per heavy atom. The predicted octanol–water partition coefficient (Wildman–Crippen LogP) is 2.11. The number of carboxylic acid groups (broad SMARTS) is 1. The van der Waals surface area contributed by atoms with Gasteiger partial charge < -0.3 is 10.0 Å². The van der Waals surface area contributed by atoms with E-state index in [1.165, 1.54) is 5.56 Å². The molecule has 2 aliphatic rings. The molecule has 1 aliphatic carbocycles. The summed E-state index contributed by atoms with van der Waals surface area (Å²) >= 11 is 0. The summed E-state index contributed by atoms with van der Waals surface area (Å²) in [5, 5.41) is 8.94. The van der Waals surface area contributed by atoms with E-state index >= 15 is 0 Å². The molecule has 1 aromatic rings. The molecule has 1 N–H and O–H groups in total. The fourth-order valence-corrected chi connectivity index (χ4v) is 3.35. The van der Waals surface area contributed by atoms with Crippen molar-refractivity contribution in [3.63, 3.8) is 0 Å². The lowest BCUT2D eigenvalue weighted by molar-refractivity contribution is -0.142. The number of hydrogen-bond acceptors (Lipinski definition) is 2. The number of likely N-dealkylation sites (tertiary alicyclic amines) is 1. The first-order chi connectivity index (χ1) is 9.59. The van der Waals surface area contributed by atoms with Crippen LogP contribution >= 0.6 is 0 Å². The molecule has 0 radical (unpaired) electrons. The Morgan fingerprint density at radius 2 is 1.90 bits per heavy atom. The number of nitrogens with zero attached hydrogens (tertiary/aromatic N) is 1. The van der Waals surface area contributed by atoms with Crippen molar-refractivity contribution in [1.82, 2.24) is 4.90 Å². The number of carbonyl (C=O) groups is 2. The van der Waals surface area contributed by atoms with Crippen LogP contribution in [-0.2, 0) is 9.59 Å². The van der Waals surface area contributed by atoms with E-state index in [1.54, 1.807) is 0 Å². The lowest BCUT2D eigenvalue weighted by Gasteiger charge is -2.25. The van der Waals surface area contributed by atoms with Crippen LogP contribution in [0.5, 0.6) is 0 Å². The average molecular weight is 273 g/mol. The van der Waals surface area contributed by atoms with E-state index in [4.69, 9.17) is 5.11 Å². The first-order valence-electron chi connectivity index (χ1n) is 7.18. The van der Waals surface area contributed by atoms with Crippen molar-refractivity contribution in [3.05, 3.63) is 35.9 Å². The van der Waals surface area contributed by atoms with Crippen molar-refractivity contribution in [1.29, 1.82) is 0 Å². The van der Waals surface area contributed by atoms with Crippen molar-refractivity contribution >= 4 is 11.9 Å². The second kappa shape index (κ2) is 4.93. The molecule has 4 unspecified atom stereocenters. The maximum atomic E-state index is 12.4. The molecule has 0 aromatic heterocycles. The minimum absolute atomic E-state index is 0.0309. The van der Waals surface area contributed by atoms with Crippen LogP contribution in [0.3, 0.4) is 0 Å². The van der Waals surface area contributed by atoms with Gasteiger partial charge in [0.1, 0.15) is 0 Å². The van der Waals surface area contributed by atoms with Crippen molar-refractivity contribution in [3.8, 4) is 0 Å². The third kappa shape index (κ3) is 2.19. The zero-order valence-electron chi connectivity index (χ0n) is 11.5. The molecule has 4 heteroatoms. The number of carbonyl (C=O) groups excluding carboxylic acids is 1. The van der Waals surface area contributed by atoms with Crippen LogP contribution in [0.25, 0.3) is 0 Å². The van der Waals surface area contributed by atoms with Crippen LogP contribution in [0, 0.1) is 11.8 Å². The Hall–Kier alpha value is -1.84. The van der Waals surface area contributed by atoms with E-state index in [0.717, 1.165) is 13.0 Å². The van der Waals surface area contributed by atoms with Crippen molar-refractivity contribution in [2.75, 3.05) is 6.54 Å². The Morgan fingerprint density at radius 3 is 2.50 bits per heavy atom. The average Bonchev–Trinajstić information content (AvgIpc) is 3.16. The summed E-state index contributed by atoms with van der Waals surface area (Å²) in [6.07, 6.45) is 1.47. The highest BCUT2D eigenvalue weighted by Crippen LogP contribution is 2.43. The molecule has 20 heavy (non-hydrogen) atoms. The first kappa shape index (κ1) is 13.2. The lowest BCUT2D eigenvalue weighted by Crippen LogP contribution is -2.37. The number of amides is 1. The molecule has 1 heterocycles. The molecule has 1 aromatic carbocycles. The molecule has 4 nitrogen and oxygen atoms in total. The quantitative estimate of drug-likeness (QED) is 0.917. The fourth-order valence-electron chi connectivity index (χ4n) is 3.35. The Balaban J connectivity index is 1.69. The van der Waals surface area contributed by atoms with Gasteiger partial charge in [-0.25, -0.2) is 0 Å². The molecular formula is C16H19NO3. The highest BCUT2D eigenvalue weighted by Gasteiger charge is 2.51. The third-order valence-electron chi connectivity index (χ3n) is 4.69. The van der Waals surface area contributed by atoms with Gasteiger partial charge in [-0.1, -0.05) is 30.3 Å². The zero-order chi connectivity index (χ0) is 14.3. The molecule has 1 saturated carbocycles. The SMILES string of the molecule is CC1C(c2ccccc2)CCN1C(=O)C1CC1C(=O)O. The Labute approximate surface area is 118 Å². The van der Waals surface area contributed by atoms with Gasteiger partial charge in [0.25, 0.3) is 0 Å². The summed E-state index contributed by atoms with van der Waals surface area (Å²) in [5.74, 6) is -1.18. The van der Waals surface area contributed by atoms with Crippen LogP contribution in [0.4, 0.5) is 0 Å². The minimum atomic E-state index is -0.838. The number of benzene rings is 1. The van der Waals surface area contributed by atoms with Gasteiger partial charge in [-0.2, -0.15) is 0 Å². The highest BCUT2D eigenvalue weighted by atomic mass is 16.4. The van der Waals surface area contributed by atoms with Gasteiger partial charge in [0.05, 0.1) is 11.8 Å². The maximum Gasteiger partial charge on any atom is 0.307 e. The predicted molar refractivity (Wildman–Crippen MR) is 74.2 cm³/mol. The summed E-state index contributed by atoms with van der Waals surface area (Å²) in [7, 11) is 0. The summed E-state index contributed by atoms with van der Waals surface area (Å²) in [6.45, 7) is 2.81. The first-order valence-corrected chi connectivity index (χ1v) is 7.18. The smallest absolute Gasteiger partial charge is 0.307 e. The second-order valence-electron chi connectivity index (χ2n) is 5.87. The standard InChI is InChI=1S/C16H19NO3/c1-10-12(11-5-3-2-4-6-11)7-8-17(10)15(18)13-9-14(13)16(19)20/h2-6,10,12-14H,7-9H2,1H3,(H,19,20). The topological polar surface area (TPSA) is 57.6 Å². The molecule has 4 atom stereocenters. The van der Waals surface area contributed by atoms with E-state index in [1.807, 2.05) is 23.1 Å². The van der Waals surface area contributed by atoms with Gasteiger partial charge in [-0.05, 0) is 25.3 Å². The van der Waals surface area contributed by atoms with E-state index < -0.39 is 11.9 Å². The molecule has 1 amide bonds. The molecule has 3 rings (SSSR count). The van der Waals surface area contributed by atoms with Gasteiger partial charge in [-0.3, -0.25) is 9.59 Å². The molecule has 2 fully saturated rings. The summed E-state index contributed by atoms with van der Waals surface area (Å²) < 4.78 is 0. The Kier molecular flexibility index (Phi) is 3.24. The van der Waals surface area contributed by atoms with E-state index in [-0.39, 0.29) is 17.9 Å². The molecule has 0 bridgehead atoms. The van der Waals surface area contributed by atoms with Crippen LogP contribution in [-0.4, -0.2) is 34.5 Å². The van der Waals surface area contributed by atoms with Crippen molar-refractivity contribution in [2.24, 2.45) is 11.8 Å². The summed E-state index contributed by atoms with van der Waals surface area (Å²) in [6, 6.07) is 10.4. The molecular weight excluding hydrogens is 254 g/mol. The highest BCUT2D eigenvalue weighted by molar-refractivity contribution is 5.89. The van der Waals surface area contributed by atoms with Crippen LogP contribution in [0.1, 0.15) is 31.2 Å². The lowest BCUT2D eigenvalue weighted by atomic mass is 9.93. The van der Waals surface area contributed by atoms with Gasteiger partial charge >= 0.3 is 5.97 Å². The minimum Gasteiger partial charge on any atom is -0.481 e. The molecule has 1 aliphatic heterocycles. The van der Waals surface area contributed by atoms with E-state index in [2.05, 4.69) is 19.1 Å². The van der Waals surface area contributed by atoms with Gasteiger partial charge in [0.2, 0.25) is 5.91 Å². The third-order valence-corrected chi connectivity index (χ3v) is 4.69. The largest absolute Gasteiger partial charge is 0.481 e. The zero-order valence-corrected chi connectivity index (χ0v) is 11.5. The molecule has 0 spiro atoms. The molecule has 1 saturated heterocycles. The second-order valence-corrected chi connectivity index (χ2v) is 5.87. The monoisotopic (exact) mass is 273 g/mol. The van der Waals surface area contributed by atoms with Crippen LogP contribution in [0.15, 0.2) is 30.3 Å². The number of rotatable bonds is 3. The van der Waals surface area contributed by atoms with Gasteiger partial charge in [0, 0.05) is 18.5 Å². The summed E-state index contributed by atoms with van der Waals surface area (Å²) in [4.78, 5) is 25.1. The maximum absolute atomic E-state index is 12.4. The van der Waals surface area contributed by atoms with Crippen molar-refractivity contribution in [2.45, 2.75) is 31.7 Å². The number of aliphatic carboxylic acids is 1. The van der Waals surface area contributed by atoms with E-state index in [9.17, 15) is 9.59 Å². The van der Waals surface area contributed by atoms with Crippen LogP contribution < -0.4 is 0 Å². The normalized spacial score (nSPS) is 32.1. The number of hydrogen-bond donors (Lipinski definition) is 1.